The van der Waals surface area contributed by atoms with Gasteiger partial charge in [0.1, 0.15) is 5.75 Å². The van der Waals surface area contributed by atoms with Gasteiger partial charge >= 0.3 is 0 Å². The molecule has 0 bridgehead atoms. The molecule has 0 amide bonds. The molecule has 0 aliphatic rings. The highest BCUT2D eigenvalue weighted by Gasteiger charge is 2.07. The lowest BCUT2D eigenvalue weighted by Crippen LogP contribution is -2.36. The highest BCUT2D eigenvalue weighted by molar-refractivity contribution is 14.0. The fourth-order valence-electron chi connectivity index (χ4n) is 2.74. The molecule has 0 aliphatic carbocycles. The van der Waals surface area contributed by atoms with Gasteiger partial charge < -0.3 is 20.1 Å². The fraction of sp³-hybridized carbons (Fsp3) is 0.409. The summed E-state index contributed by atoms with van der Waals surface area (Å²) in [6.07, 6.45) is 0.830. The van der Waals surface area contributed by atoms with Crippen LogP contribution in [-0.4, -0.2) is 37.8 Å². The van der Waals surface area contributed by atoms with Crippen molar-refractivity contribution in [2.24, 2.45) is 4.99 Å². The van der Waals surface area contributed by atoms with Gasteiger partial charge in [0.15, 0.2) is 5.96 Å². The number of nitrogens with zero attached hydrogens (tertiary/aromatic N) is 2. The first-order chi connectivity index (χ1) is 14.5. The molecule has 0 atom stereocenters. The summed E-state index contributed by atoms with van der Waals surface area (Å²) in [4.78, 5) is 14.9. The predicted molar refractivity (Wildman–Crippen MR) is 133 cm³/mol. The van der Waals surface area contributed by atoms with E-state index in [1.54, 1.807) is 19.2 Å². The summed E-state index contributed by atoms with van der Waals surface area (Å²) in [5, 5.41) is 17.3. The molecule has 0 aromatic heterocycles. The number of non-ortho nitro benzene ring substituents is 1. The number of ether oxygens (including phenoxy) is 2. The van der Waals surface area contributed by atoms with E-state index in [4.69, 9.17) is 9.47 Å². The minimum atomic E-state index is -0.408. The Morgan fingerprint density at radius 3 is 2.52 bits per heavy atom. The first kappa shape index (κ1) is 26.6. The molecule has 31 heavy (non-hydrogen) atoms. The van der Waals surface area contributed by atoms with E-state index in [2.05, 4.69) is 21.7 Å². The molecule has 0 saturated carbocycles. The van der Waals surface area contributed by atoms with Crippen molar-refractivity contribution in [2.75, 3.05) is 26.9 Å². The second-order valence-electron chi connectivity index (χ2n) is 6.78. The molecule has 9 heteroatoms. The highest BCUT2D eigenvalue weighted by atomic mass is 127. The fourth-order valence-corrected chi connectivity index (χ4v) is 2.74. The van der Waals surface area contributed by atoms with Gasteiger partial charge in [0.05, 0.1) is 18.1 Å². The Bertz CT molecular complexity index is 844. The average molecular weight is 542 g/mol. The van der Waals surface area contributed by atoms with Crippen molar-refractivity contribution in [2.45, 2.75) is 33.4 Å². The summed E-state index contributed by atoms with van der Waals surface area (Å²) in [6, 6.07) is 12.6. The number of rotatable bonds is 11. The van der Waals surface area contributed by atoms with Crippen LogP contribution in [0.5, 0.6) is 5.75 Å². The maximum absolute atomic E-state index is 10.8. The molecule has 0 radical (unpaired) electrons. The van der Waals surface area contributed by atoms with Gasteiger partial charge in [0, 0.05) is 50.9 Å². The molecule has 2 aromatic carbocycles. The van der Waals surface area contributed by atoms with Gasteiger partial charge in [0.2, 0.25) is 0 Å². The number of hydrogen-bond donors (Lipinski definition) is 2. The van der Waals surface area contributed by atoms with E-state index >= 15 is 0 Å². The van der Waals surface area contributed by atoms with Gasteiger partial charge in [-0.05, 0) is 31.0 Å². The molecule has 8 nitrogen and oxygen atoms in total. The summed E-state index contributed by atoms with van der Waals surface area (Å²) in [5.74, 6) is 1.52. The topological polar surface area (TPSA) is 98.0 Å². The predicted octanol–water partition coefficient (Wildman–Crippen LogP) is 4.19. The Balaban J connectivity index is 0.00000480. The van der Waals surface area contributed by atoms with Crippen molar-refractivity contribution in [3.63, 3.8) is 0 Å². The van der Waals surface area contributed by atoms with Crippen molar-refractivity contribution in [1.82, 2.24) is 10.6 Å². The second kappa shape index (κ2) is 14.6. The van der Waals surface area contributed by atoms with E-state index < -0.39 is 4.92 Å². The molecule has 0 unspecified atom stereocenters. The Hall–Kier alpha value is -2.40. The number of methoxy groups -OCH3 is 1. The van der Waals surface area contributed by atoms with Gasteiger partial charge in [-0.3, -0.25) is 10.1 Å². The summed E-state index contributed by atoms with van der Waals surface area (Å²) in [7, 11) is 1.68. The third-order valence-electron chi connectivity index (χ3n) is 4.33. The normalized spacial score (nSPS) is 10.9. The molecule has 0 saturated heterocycles. The van der Waals surface area contributed by atoms with Gasteiger partial charge in [0.25, 0.3) is 5.69 Å². The lowest BCUT2D eigenvalue weighted by Gasteiger charge is -2.15. The van der Waals surface area contributed by atoms with Crippen LogP contribution in [0.25, 0.3) is 0 Å². The van der Waals surface area contributed by atoms with Gasteiger partial charge in [-0.1, -0.05) is 24.3 Å². The molecule has 2 aromatic rings. The molecule has 0 spiro atoms. The quantitative estimate of drug-likeness (QED) is 0.110. The van der Waals surface area contributed by atoms with Crippen molar-refractivity contribution in [3.8, 4) is 5.75 Å². The van der Waals surface area contributed by atoms with E-state index in [-0.39, 0.29) is 29.7 Å². The molecular weight excluding hydrogens is 511 g/mol. The number of nitro benzene ring substituents is 1. The number of aliphatic imine (C=N–C) groups is 1. The number of hydrogen-bond acceptors (Lipinski definition) is 5. The minimum absolute atomic E-state index is 0. The number of halogens is 1. The average Bonchev–Trinajstić information content (AvgIpc) is 2.74. The Morgan fingerprint density at radius 2 is 1.87 bits per heavy atom. The van der Waals surface area contributed by atoms with E-state index in [1.165, 1.54) is 12.1 Å². The summed E-state index contributed by atoms with van der Waals surface area (Å²) >= 11 is 0. The van der Waals surface area contributed by atoms with Crippen LogP contribution in [0.1, 0.15) is 30.0 Å². The van der Waals surface area contributed by atoms with Crippen molar-refractivity contribution in [3.05, 3.63) is 69.3 Å². The number of guanidine groups is 1. The van der Waals surface area contributed by atoms with E-state index in [9.17, 15) is 10.1 Å². The van der Waals surface area contributed by atoms with E-state index in [0.29, 0.717) is 32.3 Å². The Kier molecular flexibility index (Phi) is 12.5. The van der Waals surface area contributed by atoms with Crippen molar-refractivity contribution < 1.29 is 14.4 Å². The molecule has 2 N–H and O–H groups in total. The molecule has 170 valence electrons. The third-order valence-corrected chi connectivity index (χ3v) is 4.33. The zero-order chi connectivity index (χ0) is 21.8. The van der Waals surface area contributed by atoms with Crippen LogP contribution in [0.15, 0.2) is 47.5 Å². The summed E-state index contributed by atoms with van der Waals surface area (Å²) < 4.78 is 11.0. The van der Waals surface area contributed by atoms with Gasteiger partial charge in [-0.15, -0.1) is 24.0 Å². The Morgan fingerprint density at radius 1 is 1.13 bits per heavy atom. The SMILES string of the molecule is CCNC(=NCc1ccc([N+](=O)[O-])cc1)NCc1ccc(C)cc1OCCCOC.I. The largest absolute Gasteiger partial charge is 0.493 e. The van der Waals surface area contributed by atoms with Crippen molar-refractivity contribution in [1.29, 1.82) is 0 Å². The van der Waals surface area contributed by atoms with E-state index in [0.717, 1.165) is 35.4 Å². The van der Waals surface area contributed by atoms with Crippen LogP contribution in [0.4, 0.5) is 5.69 Å². The lowest BCUT2D eigenvalue weighted by atomic mass is 10.1. The number of nitrogens with one attached hydrogen (secondary N) is 2. The first-order valence-corrected chi connectivity index (χ1v) is 10.00. The molecule has 0 aliphatic heterocycles. The highest BCUT2D eigenvalue weighted by Crippen LogP contribution is 2.20. The van der Waals surface area contributed by atoms with Crippen LogP contribution in [0.2, 0.25) is 0 Å². The summed E-state index contributed by atoms with van der Waals surface area (Å²) in [6.45, 7) is 7.00. The monoisotopic (exact) mass is 542 g/mol. The smallest absolute Gasteiger partial charge is 0.269 e. The van der Waals surface area contributed by atoms with Crippen LogP contribution in [0, 0.1) is 17.0 Å². The molecular formula is C22H31IN4O4. The summed E-state index contributed by atoms with van der Waals surface area (Å²) in [5.41, 5.74) is 3.15. The Labute approximate surface area is 200 Å². The number of aryl methyl sites for hydroxylation is 1. The van der Waals surface area contributed by atoms with Gasteiger partial charge in [-0.2, -0.15) is 0 Å². The zero-order valence-corrected chi connectivity index (χ0v) is 20.6. The standard InChI is InChI=1S/C22H30N4O4.HI/c1-4-23-22(24-15-18-7-10-20(11-8-18)26(27)28)25-16-19-9-6-17(2)14-21(19)30-13-5-12-29-3;/h6-11,14H,4-5,12-13,15-16H2,1-3H3,(H2,23,24,25);1H. The van der Waals surface area contributed by atoms with Crippen LogP contribution in [-0.2, 0) is 17.8 Å². The number of benzene rings is 2. The minimum Gasteiger partial charge on any atom is -0.493 e. The molecule has 0 fully saturated rings. The number of nitro groups is 1. The van der Waals surface area contributed by atoms with E-state index in [1.807, 2.05) is 26.0 Å². The maximum Gasteiger partial charge on any atom is 0.269 e. The van der Waals surface area contributed by atoms with Crippen molar-refractivity contribution >= 4 is 35.6 Å². The maximum atomic E-state index is 10.8. The van der Waals surface area contributed by atoms with Crippen LogP contribution < -0.4 is 15.4 Å². The second-order valence-corrected chi connectivity index (χ2v) is 6.78. The van der Waals surface area contributed by atoms with Crippen LogP contribution in [0.3, 0.4) is 0 Å². The van der Waals surface area contributed by atoms with Gasteiger partial charge in [-0.25, -0.2) is 4.99 Å². The molecule has 0 heterocycles. The zero-order valence-electron chi connectivity index (χ0n) is 18.2. The third kappa shape index (κ3) is 9.52. The molecule has 2 rings (SSSR count). The lowest BCUT2D eigenvalue weighted by molar-refractivity contribution is -0.384. The van der Waals surface area contributed by atoms with Crippen LogP contribution >= 0.6 is 24.0 Å². The first-order valence-electron chi connectivity index (χ1n) is 10.00.